The molecule has 0 aromatic heterocycles. The van der Waals surface area contributed by atoms with Crippen molar-refractivity contribution in [3.63, 3.8) is 0 Å². The van der Waals surface area contributed by atoms with E-state index in [0.717, 1.165) is 19.0 Å². The van der Waals surface area contributed by atoms with E-state index >= 15 is 0 Å². The van der Waals surface area contributed by atoms with E-state index < -0.39 is 11.6 Å². The van der Waals surface area contributed by atoms with Gasteiger partial charge < -0.3 is 5.32 Å². The van der Waals surface area contributed by atoms with Gasteiger partial charge in [0.25, 0.3) is 0 Å². The fourth-order valence-corrected chi connectivity index (χ4v) is 1.99. The van der Waals surface area contributed by atoms with Crippen LogP contribution in [-0.2, 0) is 6.42 Å². The number of hydrogen-bond donors (Lipinski definition) is 1. The molecule has 17 heavy (non-hydrogen) atoms. The fraction of sp³-hybridized carbons (Fsp3) is 0.571. The third-order valence-corrected chi connectivity index (χ3v) is 3.03. The highest BCUT2D eigenvalue weighted by atomic mass is 19.2. The second kappa shape index (κ2) is 6.70. The molecule has 0 spiro atoms. The van der Waals surface area contributed by atoms with Crippen molar-refractivity contribution in [2.75, 3.05) is 6.54 Å². The summed E-state index contributed by atoms with van der Waals surface area (Å²) in [6.07, 6.45) is 1.39. The normalized spacial score (nSPS) is 13.1. The van der Waals surface area contributed by atoms with Crippen molar-refractivity contribution in [3.8, 4) is 0 Å². The Morgan fingerprint density at radius 2 is 1.94 bits per heavy atom. The van der Waals surface area contributed by atoms with Gasteiger partial charge >= 0.3 is 0 Å². The van der Waals surface area contributed by atoms with E-state index in [-0.39, 0.29) is 0 Å². The number of nitrogens with one attached hydrogen (secondary N) is 1. The number of rotatable bonds is 6. The largest absolute Gasteiger partial charge is 0.314 e. The van der Waals surface area contributed by atoms with Crippen LogP contribution in [0.15, 0.2) is 18.2 Å². The maximum Gasteiger partial charge on any atom is 0.162 e. The van der Waals surface area contributed by atoms with E-state index in [1.165, 1.54) is 0 Å². The van der Waals surface area contributed by atoms with E-state index in [2.05, 4.69) is 26.1 Å². The molecule has 0 radical (unpaired) electrons. The zero-order valence-electron chi connectivity index (χ0n) is 10.8. The molecule has 1 unspecified atom stereocenters. The van der Waals surface area contributed by atoms with Gasteiger partial charge in [-0.25, -0.2) is 8.78 Å². The van der Waals surface area contributed by atoms with Crippen molar-refractivity contribution in [1.82, 2.24) is 5.32 Å². The number of benzene rings is 1. The van der Waals surface area contributed by atoms with Gasteiger partial charge in [0, 0.05) is 6.04 Å². The Morgan fingerprint density at radius 3 is 2.53 bits per heavy atom. The van der Waals surface area contributed by atoms with Crippen LogP contribution < -0.4 is 5.32 Å². The first-order chi connectivity index (χ1) is 8.06. The molecule has 3 heteroatoms. The van der Waals surface area contributed by atoms with Gasteiger partial charge in [-0.15, -0.1) is 0 Å². The molecule has 1 aromatic rings. The summed E-state index contributed by atoms with van der Waals surface area (Å²) in [6, 6.07) is 4.72. The van der Waals surface area contributed by atoms with Gasteiger partial charge in [0.15, 0.2) is 11.6 Å². The van der Waals surface area contributed by atoms with E-state index in [4.69, 9.17) is 0 Å². The van der Waals surface area contributed by atoms with E-state index in [1.807, 2.05) is 0 Å². The van der Waals surface area contributed by atoms with Crippen LogP contribution in [0.5, 0.6) is 0 Å². The summed E-state index contributed by atoms with van der Waals surface area (Å²) >= 11 is 0. The molecule has 0 bridgehead atoms. The van der Waals surface area contributed by atoms with Crippen molar-refractivity contribution in [3.05, 3.63) is 35.4 Å². The molecule has 1 nitrogen and oxygen atoms in total. The van der Waals surface area contributed by atoms with Crippen LogP contribution in [0.25, 0.3) is 0 Å². The quantitative estimate of drug-likeness (QED) is 0.803. The van der Waals surface area contributed by atoms with Gasteiger partial charge in [0.05, 0.1) is 0 Å². The van der Waals surface area contributed by atoms with Crippen LogP contribution in [0.2, 0.25) is 0 Å². The summed E-state index contributed by atoms with van der Waals surface area (Å²) in [7, 11) is 0. The van der Waals surface area contributed by atoms with Crippen LogP contribution in [0.1, 0.15) is 32.8 Å². The van der Waals surface area contributed by atoms with Crippen LogP contribution in [-0.4, -0.2) is 12.6 Å². The molecule has 0 aliphatic carbocycles. The second-order valence-corrected chi connectivity index (χ2v) is 4.66. The predicted molar refractivity (Wildman–Crippen MR) is 67.0 cm³/mol. The van der Waals surface area contributed by atoms with E-state index in [1.54, 1.807) is 12.1 Å². The first-order valence-corrected chi connectivity index (χ1v) is 6.22. The molecule has 0 aliphatic heterocycles. The number of aryl methyl sites for hydroxylation is 1. The summed E-state index contributed by atoms with van der Waals surface area (Å²) in [6.45, 7) is 7.22. The highest BCUT2D eigenvalue weighted by Crippen LogP contribution is 2.16. The van der Waals surface area contributed by atoms with Crippen molar-refractivity contribution in [2.45, 2.75) is 39.7 Å². The first kappa shape index (κ1) is 14.1. The molecule has 0 saturated carbocycles. The number of halogens is 2. The predicted octanol–water partition coefficient (Wildman–Crippen LogP) is 3.53. The van der Waals surface area contributed by atoms with Gasteiger partial charge in [-0.2, -0.15) is 0 Å². The molecule has 0 saturated heterocycles. The third kappa shape index (κ3) is 4.08. The molecule has 1 rings (SSSR count). The van der Waals surface area contributed by atoms with Crippen LogP contribution in [0, 0.1) is 17.6 Å². The first-order valence-electron chi connectivity index (χ1n) is 6.22. The lowest BCUT2D eigenvalue weighted by molar-refractivity contribution is 0.382. The van der Waals surface area contributed by atoms with Gasteiger partial charge in [-0.3, -0.25) is 0 Å². The molecular weight excluding hydrogens is 220 g/mol. The minimum absolute atomic E-state index is 0.350. The van der Waals surface area contributed by atoms with Gasteiger partial charge in [0.2, 0.25) is 0 Å². The average Bonchev–Trinajstić information content (AvgIpc) is 2.29. The summed E-state index contributed by atoms with van der Waals surface area (Å²) in [4.78, 5) is 0. The average molecular weight is 241 g/mol. The maximum atomic E-state index is 13.4. The van der Waals surface area contributed by atoms with Crippen LogP contribution >= 0.6 is 0 Å². The standard InChI is InChI=1S/C14H21F2N/c1-4-17-13(10(2)3)9-8-11-6-5-7-12(15)14(11)16/h5-7,10,13,17H,4,8-9H2,1-3H3. The maximum absolute atomic E-state index is 13.4. The minimum atomic E-state index is -0.757. The van der Waals surface area contributed by atoms with E-state index in [0.29, 0.717) is 23.9 Å². The fourth-order valence-electron chi connectivity index (χ4n) is 1.99. The Balaban J connectivity index is 2.62. The highest BCUT2D eigenvalue weighted by molar-refractivity contribution is 5.19. The monoisotopic (exact) mass is 241 g/mol. The Kier molecular flexibility index (Phi) is 5.56. The summed E-state index contributed by atoms with van der Waals surface area (Å²) in [5.74, 6) is -0.967. The lowest BCUT2D eigenvalue weighted by Gasteiger charge is -2.21. The molecule has 1 aromatic carbocycles. The smallest absolute Gasteiger partial charge is 0.162 e. The third-order valence-electron chi connectivity index (χ3n) is 3.03. The molecule has 0 aliphatic rings. The second-order valence-electron chi connectivity index (χ2n) is 4.66. The summed E-state index contributed by atoms with van der Waals surface area (Å²) < 4.78 is 26.5. The molecule has 1 atom stereocenters. The number of hydrogen-bond acceptors (Lipinski definition) is 1. The molecule has 1 N–H and O–H groups in total. The lowest BCUT2D eigenvalue weighted by atomic mass is 9.96. The van der Waals surface area contributed by atoms with Gasteiger partial charge in [-0.05, 0) is 36.9 Å². The van der Waals surface area contributed by atoms with Crippen LogP contribution in [0.4, 0.5) is 8.78 Å². The van der Waals surface area contributed by atoms with Crippen molar-refractivity contribution < 1.29 is 8.78 Å². The SMILES string of the molecule is CCNC(CCc1cccc(F)c1F)C(C)C. The zero-order chi connectivity index (χ0) is 12.8. The van der Waals surface area contributed by atoms with E-state index in [9.17, 15) is 8.78 Å². The molecule has 0 fully saturated rings. The summed E-state index contributed by atoms with van der Waals surface area (Å²) in [5.41, 5.74) is 0.466. The Labute approximate surface area is 102 Å². The molecule has 96 valence electrons. The van der Waals surface area contributed by atoms with Crippen molar-refractivity contribution in [2.24, 2.45) is 5.92 Å². The lowest BCUT2D eigenvalue weighted by Crippen LogP contribution is -2.34. The van der Waals surface area contributed by atoms with Crippen LogP contribution in [0.3, 0.4) is 0 Å². The minimum Gasteiger partial charge on any atom is -0.314 e. The Hall–Kier alpha value is -0.960. The van der Waals surface area contributed by atoms with Gasteiger partial charge in [0.1, 0.15) is 0 Å². The Bertz CT molecular complexity index is 350. The highest BCUT2D eigenvalue weighted by Gasteiger charge is 2.14. The molecular formula is C14H21F2N. The summed E-state index contributed by atoms with van der Waals surface area (Å²) in [5, 5.41) is 3.37. The van der Waals surface area contributed by atoms with Crippen molar-refractivity contribution >= 4 is 0 Å². The van der Waals surface area contributed by atoms with Crippen molar-refractivity contribution in [1.29, 1.82) is 0 Å². The zero-order valence-corrected chi connectivity index (χ0v) is 10.8. The topological polar surface area (TPSA) is 12.0 Å². The Morgan fingerprint density at radius 1 is 1.24 bits per heavy atom. The molecule has 0 heterocycles. The van der Waals surface area contributed by atoms with Gasteiger partial charge in [-0.1, -0.05) is 32.9 Å². The molecule has 0 amide bonds.